The van der Waals surface area contributed by atoms with Crippen molar-refractivity contribution in [1.29, 1.82) is 0 Å². The number of aliphatic hydroxyl groups is 1. The molecular weight excluding hydrogens is 411 g/mol. The second-order valence-electron chi connectivity index (χ2n) is 8.16. The number of amides is 1. The van der Waals surface area contributed by atoms with Crippen molar-refractivity contribution in [3.8, 4) is 11.5 Å². The van der Waals surface area contributed by atoms with Crippen LogP contribution < -0.4 is 9.47 Å². The van der Waals surface area contributed by atoms with Crippen LogP contribution in [0.2, 0.25) is 0 Å². The first-order valence-electron chi connectivity index (χ1n) is 10.8. The van der Waals surface area contributed by atoms with Crippen molar-refractivity contribution in [2.75, 3.05) is 26.8 Å². The minimum atomic E-state index is -0.237. The van der Waals surface area contributed by atoms with Gasteiger partial charge in [-0.15, -0.1) is 0 Å². The van der Waals surface area contributed by atoms with Crippen LogP contribution in [-0.2, 0) is 17.8 Å². The summed E-state index contributed by atoms with van der Waals surface area (Å²) < 4.78 is 24.3. The standard InChI is InChI=1S/C25H31FN2O4/c1-18-15-28(19(2)14-27(18)16-21-6-9-22(26)10-7-21)25(30)17-32-23-11-8-20(5-4-12-29)13-24(23)31-3/h4,6-13,18-19,29H,5,14-17H2,1-3H3/t18-,19+/m0/s1. The summed E-state index contributed by atoms with van der Waals surface area (Å²) in [5.74, 6) is 0.749. The Labute approximate surface area is 188 Å². The molecule has 0 aromatic heterocycles. The Morgan fingerprint density at radius 3 is 2.50 bits per heavy atom. The van der Waals surface area contributed by atoms with E-state index in [2.05, 4.69) is 11.8 Å². The molecule has 0 aliphatic carbocycles. The van der Waals surface area contributed by atoms with E-state index in [1.807, 2.05) is 24.0 Å². The Hall–Kier alpha value is -3.06. The zero-order valence-corrected chi connectivity index (χ0v) is 18.8. The molecule has 2 aromatic rings. The van der Waals surface area contributed by atoms with Crippen LogP contribution in [0.15, 0.2) is 54.8 Å². The molecule has 1 N–H and O–H groups in total. The summed E-state index contributed by atoms with van der Waals surface area (Å²) in [4.78, 5) is 17.1. The van der Waals surface area contributed by atoms with Crippen LogP contribution >= 0.6 is 0 Å². The Bertz CT molecular complexity index is 932. The van der Waals surface area contributed by atoms with Gasteiger partial charge >= 0.3 is 0 Å². The van der Waals surface area contributed by atoms with Crippen LogP contribution in [0.5, 0.6) is 11.5 Å². The first-order chi connectivity index (χ1) is 15.4. The van der Waals surface area contributed by atoms with Gasteiger partial charge in [-0.2, -0.15) is 0 Å². The second-order valence-corrected chi connectivity index (χ2v) is 8.16. The van der Waals surface area contributed by atoms with Gasteiger partial charge in [-0.1, -0.05) is 18.2 Å². The zero-order chi connectivity index (χ0) is 23.1. The molecule has 1 heterocycles. The number of benzene rings is 2. The summed E-state index contributed by atoms with van der Waals surface area (Å²) >= 11 is 0. The Morgan fingerprint density at radius 1 is 1.09 bits per heavy atom. The van der Waals surface area contributed by atoms with Crippen LogP contribution in [-0.4, -0.2) is 59.7 Å². The minimum absolute atomic E-state index is 0.0392. The van der Waals surface area contributed by atoms with Crippen molar-refractivity contribution >= 4 is 5.91 Å². The normalized spacial score (nSPS) is 19.3. The average Bonchev–Trinajstić information content (AvgIpc) is 2.79. The average molecular weight is 443 g/mol. The Kier molecular flexibility index (Phi) is 8.11. The van der Waals surface area contributed by atoms with E-state index in [4.69, 9.17) is 14.6 Å². The monoisotopic (exact) mass is 442 g/mol. The van der Waals surface area contributed by atoms with Crippen LogP contribution in [0.1, 0.15) is 25.0 Å². The van der Waals surface area contributed by atoms with Crippen LogP contribution in [0.3, 0.4) is 0 Å². The van der Waals surface area contributed by atoms with Gasteiger partial charge in [-0.3, -0.25) is 9.69 Å². The number of halogens is 1. The highest BCUT2D eigenvalue weighted by Crippen LogP contribution is 2.28. The molecule has 1 aliphatic heterocycles. The SMILES string of the molecule is COc1cc(CC=CO)ccc1OCC(=O)N1C[C@H](C)N(Cc2ccc(F)cc2)C[C@H]1C. The number of carbonyl (C=O) groups is 1. The molecule has 2 aromatic carbocycles. The number of rotatable bonds is 8. The maximum Gasteiger partial charge on any atom is 0.260 e. The van der Waals surface area contributed by atoms with Crippen molar-refractivity contribution in [3.63, 3.8) is 0 Å². The minimum Gasteiger partial charge on any atom is -0.516 e. The number of hydrogen-bond acceptors (Lipinski definition) is 5. The molecular formula is C25H31FN2O4. The molecule has 2 atom stereocenters. The quantitative estimate of drug-likeness (QED) is 0.628. The molecule has 0 spiro atoms. The highest BCUT2D eigenvalue weighted by molar-refractivity contribution is 5.78. The molecule has 1 saturated heterocycles. The van der Waals surface area contributed by atoms with Gasteiger partial charge in [0.1, 0.15) is 5.82 Å². The largest absolute Gasteiger partial charge is 0.516 e. The number of carbonyl (C=O) groups excluding carboxylic acids is 1. The third kappa shape index (κ3) is 6.01. The van der Waals surface area contributed by atoms with Gasteiger partial charge in [0.25, 0.3) is 5.91 Å². The summed E-state index contributed by atoms with van der Waals surface area (Å²) in [6.45, 7) is 6.13. The summed E-state index contributed by atoms with van der Waals surface area (Å²) in [6.07, 6.45) is 3.22. The summed E-state index contributed by atoms with van der Waals surface area (Å²) in [7, 11) is 1.56. The number of aliphatic hydroxyl groups excluding tert-OH is 1. The summed E-state index contributed by atoms with van der Waals surface area (Å²) in [5.41, 5.74) is 2.02. The molecule has 1 fully saturated rings. The predicted molar refractivity (Wildman–Crippen MR) is 121 cm³/mol. The first-order valence-corrected chi connectivity index (χ1v) is 10.8. The lowest BCUT2D eigenvalue weighted by atomic mass is 10.1. The van der Waals surface area contributed by atoms with E-state index in [1.165, 1.54) is 12.1 Å². The smallest absolute Gasteiger partial charge is 0.260 e. The zero-order valence-electron chi connectivity index (χ0n) is 18.8. The van der Waals surface area contributed by atoms with E-state index in [0.29, 0.717) is 24.5 Å². The van der Waals surface area contributed by atoms with Crippen molar-refractivity contribution in [1.82, 2.24) is 9.80 Å². The number of hydrogen-bond donors (Lipinski definition) is 1. The molecule has 32 heavy (non-hydrogen) atoms. The molecule has 0 radical (unpaired) electrons. The van der Waals surface area contributed by atoms with Gasteiger partial charge in [0.05, 0.1) is 13.4 Å². The molecule has 0 bridgehead atoms. The van der Waals surface area contributed by atoms with Crippen molar-refractivity contribution in [3.05, 3.63) is 71.7 Å². The molecule has 1 aliphatic rings. The third-order valence-electron chi connectivity index (χ3n) is 5.77. The van der Waals surface area contributed by atoms with Gasteiger partial charge in [0.15, 0.2) is 18.1 Å². The van der Waals surface area contributed by atoms with E-state index in [-0.39, 0.29) is 30.4 Å². The van der Waals surface area contributed by atoms with E-state index >= 15 is 0 Å². The van der Waals surface area contributed by atoms with Crippen LogP contribution in [0.4, 0.5) is 4.39 Å². The van der Waals surface area contributed by atoms with Crippen molar-refractivity contribution < 1.29 is 23.8 Å². The summed E-state index contributed by atoms with van der Waals surface area (Å²) in [6, 6.07) is 12.3. The molecule has 6 nitrogen and oxygen atoms in total. The van der Waals surface area contributed by atoms with Gasteiger partial charge in [0.2, 0.25) is 0 Å². The van der Waals surface area contributed by atoms with Gasteiger partial charge in [0, 0.05) is 31.7 Å². The third-order valence-corrected chi connectivity index (χ3v) is 5.77. The van der Waals surface area contributed by atoms with E-state index in [9.17, 15) is 9.18 Å². The molecule has 1 amide bonds. The fraction of sp³-hybridized carbons (Fsp3) is 0.400. The van der Waals surface area contributed by atoms with E-state index < -0.39 is 0 Å². The maximum absolute atomic E-state index is 13.2. The molecule has 0 saturated carbocycles. The van der Waals surface area contributed by atoms with E-state index in [0.717, 1.165) is 30.5 Å². The lowest BCUT2D eigenvalue weighted by molar-refractivity contribution is -0.139. The first kappa shape index (κ1) is 23.6. The van der Waals surface area contributed by atoms with Gasteiger partial charge in [-0.05, 0) is 61.7 Å². The number of nitrogens with zero attached hydrogens (tertiary/aromatic N) is 2. The van der Waals surface area contributed by atoms with Crippen LogP contribution in [0, 0.1) is 5.82 Å². The highest BCUT2D eigenvalue weighted by Gasteiger charge is 2.32. The van der Waals surface area contributed by atoms with Gasteiger partial charge in [-0.25, -0.2) is 4.39 Å². The second kappa shape index (κ2) is 11.0. The molecule has 172 valence electrons. The Morgan fingerprint density at radius 2 is 1.81 bits per heavy atom. The lowest BCUT2D eigenvalue weighted by Crippen LogP contribution is -2.58. The lowest BCUT2D eigenvalue weighted by Gasteiger charge is -2.44. The number of methoxy groups -OCH3 is 1. The number of allylic oxidation sites excluding steroid dienone is 1. The van der Waals surface area contributed by atoms with Crippen molar-refractivity contribution in [2.24, 2.45) is 0 Å². The summed E-state index contributed by atoms with van der Waals surface area (Å²) in [5, 5.41) is 8.82. The van der Waals surface area contributed by atoms with Gasteiger partial charge < -0.3 is 19.5 Å². The van der Waals surface area contributed by atoms with Crippen molar-refractivity contribution in [2.45, 2.75) is 38.9 Å². The molecule has 7 heteroatoms. The highest BCUT2D eigenvalue weighted by atomic mass is 19.1. The number of ether oxygens (including phenoxy) is 2. The topological polar surface area (TPSA) is 62.2 Å². The Balaban J connectivity index is 1.57. The number of piperazine rings is 1. The molecule has 0 unspecified atom stereocenters. The predicted octanol–water partition coefficient (Wildman–Crippen LogP) is 3.95. The van der Waals surface area contributed by atoms with E-state index in [1.54, 1.807) is 31.4 Å². The fourth-order valence-electron chi connectivity index (χ4n) is 3.96. The fourth-order valence-corrected chi connectivity index (χ4v) is 3.96. The maximum atomic E-state index is 13.2. The molecule has 3 rings (SSSR count). The van der Waals surface area contributed by atoms with Crippen LogP contribution in [0.25, 0.3) is 0 Å².